The minimum atomic E-state index is -4.21. The topological polar surface area (TPSA) is 118 Å². The van der Waals surface area contributed by atoms with Gasteiger partial charge in [-0.05, 0) is 18.2 Å². The molecule has 0 fully saturated rings. The zero-order valence-corrected chi connectivity index (χ0v) is 10.7. The van der Waals surface area contributed by atoms with Crippen molar-refractivity contribution in [3.63, 3.8) is 0 Å². The Kier molecular flexibility index (Phi) is 3.77. The summed E-state index contributed by atoms with van der Waals surface area (Å²) in [5.74, 6) is -1.21. The number of nitrogens with one attached hydrogen (secondary N) is 2. The highest BCUT2D eigenvalue weighted by Gasteiger charge is 2.29. The molecule has 2 rings (SSSR count). The molecule has 0 unspecified atom stereocenters. The van der Waals surface area contributed by atoms with Crippen LogP contribution in [0.4, 0.5) is 10.1 Å². The fourth-order valence-electron chi connectivity index (χ4n) is 1.52. The molecule has 0 aliphatic heterocycles. The Hall–Kier alpha value is -2.33. The van der Waals surface area contributed by atoms with Crippen molar-refractivity contribution in [1.29, 1.82) is 0 Å². The van der Waals surface area contributed by atoms with E-state index in [1.54, 1.807) is 0 Å². The van der Waals surface area contributed by atoms with E-state index in [1.165, 1.54) is 12.3 Å². The molecule has 8 nitrogen and oxygen atoms in total. The van der Waals surface area contributed by atoms with Crippen molar-refractivity contribution in [3.8, 4) is 0 Å². The number of sulfonamides is 1. The number of aromatic amines is 1. The summed E-state index contributed by atoms with van der Waals surface area (Å²) in [4.78, 5) is 8.99. The summed E-state index contributed by atoms with van der Waals surface area (Å²) in [6.07, 6.45) is 1.42. The molecule has 2 N–H and O–H groups in total. The van der Waals surface area contributed by atoms with Crippen molar-refractivity contribution < 1.29 is 17.7 Å². The Labute approximate surface area is 112 Å². The van der Waals surface area contributed by atoms with Crippen LogP contribution in [0.3, 0.4) is 0 Å². The van der Waals surface area contributed by atoms with Crippen molar-refractivity contribution in [3.05, 3.63) is 52.1 Å². The van der Waals surface area contributed by atoms with Crippen molar-refractivity contribution >= 4 is 15.7 Å². The molecule has 20 heavy (non-hydrogen) atoms. The number of H-pyrrole nitrogens is 1. The molecule has 1 aromatic heterocycles. The van der Waals surface area contributed by atoms with Gasteiger partial charge in [-0.25, -0.2) is 13.1 Å². The maximum atomic E-state index is 13.4. The first-order chi connectivity index (χ1) is 9.42. The number of benzene rings is 1. The maximum Gasteiger partial charge on any atom is 0.324 e. The van der Waals surface area contributed by atoms with Crippen molar-refractivity contribution in [2.24, 2.45) is 0 Å². The summed E-state index contributed by atoms with van der Waals surface area (Å²) in [6.45, 7) is -0.143. The Bertz CT molecular complexity index is 730. The number of nitrogens with zero attached hydrogens (tertiary/aromatic N) is 2. The number of para-hydroxylation sites is 1. The van der Waals surface area contributed by atoms with Gasteiger partial charge in [-0.15, -0.1) is 0 Å². The molecular weight excluding hydrogens is 291 g/mol. The van der Waals surface area contributed by atoms with Crippen LogP contribution < -0.4 is 4.72 Å². The molecule has 0 saturated carbocycles. The van der Waals surface area contributed by atoms with E-state index in [9.17, 15) is 22.9 Å². The highest BCUT2D eigenvalue weighted by Crippen LogP contribution is 2.26. The molecule has 0 saturated heterocycles. The molecule has 0 bridgehead atoms. The molecule has 1 aromatic carbocycles. The summed E-state index contributed by atoms with van der Waals surface area (Å²) < 4.78 is 39.5. The van der Waals surface area contributed by atoms with Crippen LogP contribution in [-0.4, -0.2) is 23.5 Å². The van der Waals surface area contributed by atoms with E-state index in [4.69, 9.17) is 0 Å². The average Bonchev–Trinajstić information content (AvgIpc) is 2.89. The first-order valence-corrected chi connectivity index (χ1v) is 6.81. The smallest absolute Gasteiger partial charge is 0.281 e. The third-order valence-electron chi connectivity index (χ3n) is 2.43. The molecule has 0 radical (unpaired) electrons. The van der Waals surface area contributed by atoms with E-state index in [-0.39, 0.29) is 6.54 Å². The van der Waals surface area contributed by atoms with Crippen LogP contribution in [0.2, 0.25) is 0 Å². The van der Waals surface area contributed by atoms with Crippen molar-refractivity contribution in [2.45, 2.75) is 11.4 Å². The fraction of sp³-hybridized carbons (Fsp3) is 0.100. The molecule has 0 atom stereocenters. The van der Waals surface area contributed by atoms with E-state index >= 15 is 0 Å². The summed E-state index contributed by atoms with van der Waals surface area (Å²) in [6, 6.07) is 4.41. The second kappa shape index (κ2) is 5.35. The SMILES string of the molecule is O=[N+]([O-])c1c(F)cccc1S(=O)(=O)NCc1ccn[nH]1. The molecular formula is C10H9FN4O4S. The second-order valence-corrected chi connectivity index (χ2v) is 5.49. The summed E-state index contributed by atoms with van der Waals surface area (Å²) in [7, 11) is -4.21. The zero-order chi connectivity index (χ0) is 14.8. The Morgan fingerprint density at radius 1 is 1.40 bits per heavy atom. The lowest BCUT2D eigenvalue weighted by Crippen LogP contribution is -2.24. The standard InChI is InChI=1S/C10H9FN4O4S/c11-8-2-1-3-9(10(8)15(16)17)20(18,19)13-6-7-4-5-12-14-7/h1-5,13H,6H2,(H,12,14). The lowest BCUT2D eigenvalue weighted by Gasteiger charge is -2.06. The number of nitro groups is 1. The number of hydrogen-bond acceptors (Lipinski definition) is 5. The lowest BCUT2D eigenvalue weighted by molar-refractivity contribution is -0.390. The fourth-order valence-corrected chi connectivity index (χ4v) is 2.71. The summed E-state index contributed by atoms with van der Waals surface area (Å²) in [5.41, 5.74) is -0.614. The summed E-state index contributed by atoms with van der Waals surface area (Å²) in [5, 5.41) is 16.9. The Morgan fingerprint density at radius 2 is 2.15 bits per heavy atom. The zero-order valence-electron chi connectivity index (χ0n) is 9.91. The molecule has 0 aliphatic rings. The van der Waals surface area contributed by atoms with Crippen LogP contribution in [0.1, 0.15) is 5.69 Å². The van der Waals surface area contributed by atoms with Crippen LogP contribution in [0.25, 0.3) is 0 Å². The van der Waals surface area contributed by atoms with Gasteiger partial charge in [-0.3, -0.25) is 15.2 Å². The first-order valence-electron chi connectivity index (χ1n) is 5.32. The minimum absolute atomic E-state index is 0.143. The first kappa shape index (κ1) is 14.1. The highest BCUT2D eigenvalue weighted by atomic mass is 32.2. The van der Waals surface area contributed by atoms with Gasteiger partial charge in [-0.2, -0.15) is 9.49 Å². The van der Waals surface area contributed by atoms with Gasteiger partial charge < -0.3 is 0 Å². The molecule has 1 heterocycles. The number of hydrogen-bond donors (Lipinski definition) is 2. The molecule has 0 spiro atoms. The van der Waals surface area contributed by atoms with Crippen molar-refractivity contribution in [1.82, 2.24) is 14.9 Å². The van der Waals surface area contributed by atoms with E-state index in [0.717, 1.165) is 18.2 Å². The quantitative estimate of drug-likeness (QED) is 0.629. The highest BCUT2D eigenvalue weighted by molar-refractivity contribution is 7.89. The molecule has 106 valence electrons. The van der Waals surface area contributed by atoms with Crippen LogP contribution in [0.5, 0.6) is 0 Å². The maximum absolute atomic E-state index is 13.4. The third-order valence-corrected chi connectivity index (χ3v) is 3.87. The van der Waals surface area contributed by atoms with Crippen LogP contribution >= 0.6 is 0 Å². The Balaban J connectivity index is 2.34. The Morgan fingerprint density at radius 3 is 2.75 bits per heavy atom. The second-order valence-electron chi connectivity index (χ2n) is 3.75. The molecule has 0 amide bonds. The predicted octanol–water partition coefficient (Wildman–Crippen LogP) is 0.935. The third kappa shape index (κ3) is 2.81. The van der Waals surface area contributed by atoms with Gasteiger partial charge in [-0.1, -0.05) is 6.07 Å². The van der Waals surface area contributed by atoms with E-state index in [1.807, 2.05) is 0 Å². The van der Waals surface area contributed by atoms with Gasteiger partial charge in [0, 0.05) is 6.20 Å². The van der Waals surface area contributed by atoms with Crippen LogP contribution in [-0.2, 0) is 16.6 Å². The monoisotopic (exact) mass is 300 g/mol. The van der Waals surface area contributed by atoms with E-state index in [2.05, 4.69) is 14.9 Å². The van der Waals surface area contributed by atoms with E-state index in [0.29, 0.717) is 5.69 Å². The lowest BCUT2D eigenvalue weighted by atomic mass is 10.3. The van der Waals surface area contributed by atoms with Crippen molar-refractivity contribution in [2.75, 3.05) is 0 Å². The molecule has 0 aliphatic carbocycles. The van der Waals surface area contributed by atoms with Gasteiger partial charge >= 0.3 is 5.69 Å². The minimum Gasteiger partial charge on any atom is -0.281 e. The van der Waals surface area contributed by atoms with Gasteiger partial charge in [0.25, 0.3) is 0 Å². The molecule has 2 aromatic rings. The van der Waals surface area contributed by atoms with Crippen LogP contribution in [0, 0.1) is 15.9 Å². The normalized spacial score (nSPS) is 11.4. The van der Waals surface area contributed by atoms with Gasteiger partial charge in [0.2, 0.25) is 15.8 Å². The van der Waals surface area contributed by atoms with Gasteiger partial charge in [0.15, 0.2) is 4.90 Å². The van der Waals surface area contributed by atoms with Crippen LogP contribution in [0.15, 0.2) is 35.4 Å². The van der Waals surface area contributed by atoms with E-state index < -0.39 is 31.3 Å². The number of aromatic nitrogens is 2. The average molecular weight is 300 g/mol. The molecule has 10 heteroatoms. The number of rotatable bonds is 5. The number of nitro benzene ring substituents is 1. The summed E-state index contributed by atoms with van der Waals surface area (Å²) >= 11 is 0. The van der Waals surface area contributed by atoms with Gasteiger partial charge in [0.1, 0.15) is 0 Å². The number of halogens is 1. The largest absolute Gasteiger partial charge is 0.324 e. The van der Waals surface area contributed by atoms with Gasteiger partial charge in [0.05, 0.1) is 17.2 Å². The predicted molar refractivity (Wildman–Crippen MR) is 65.7 cm³/mol.